The number of methoxy groups -OCH3 is 1. The smallest absolute Gasteiger partial charge is 0.338 e. The summed E-state index contributed by atoms with van der Waals surface area (Å²) in [6.07, 6.45) is 1.88. The van der Waals surface area contributed by atoms with Crippen LogP contribution in [-0.2, 0) is 9.47 Å². The Morgan fingerprint density at radius 2 is 1.28 bits per heavy atom. The van der Waals surface area contributed by atoms with Crippen LogP contribution < -0.4 is 0 Å². The number of unbranched alkanes of at least 4 members (excludes halogenated alkanes) is 1. The molecule has 6 nitrogen and oxygen atoms in total. The molecule has 0 aliphatic rings. The van der Waals surface area contributed by atoms with E-state index in [9.17, 15) is 9.59 Å². The summed E-state index contributed by atoms with van der Waals surface area (Å²) in [5.74, 6) is -0.448. The number of carbonyl (C=O) groups is 2. The molecule has 0 unspecified atom stereocenters. The molecule has 0 radical (unpaired) electrons. The highest BCUT2D eigenvalue weighted by molar-refractivity contribution is 5.89. The van der Waals surface area contributed by atoms with E-state index in [1.54, 1.807) is 12.1 Å². The zero-order valence-electron chi connectivity index (χ0n) is 14.3. The molecule has 0 bridgehead atoms. The second kappa shape index (κ2) is 10.7. The molecule has 0 aliphatic carbocycles. The number of carbonyl (C=O) groups excluding carboxylic acids is 2. The van der Waals surface area contributed by atoms with Crippen molar-refractivity contribution < 1.29 is 29.3 Å². The largest absolute Gasteiger partial charge is 0.508 e. The molecule has 0 spiro atoms. The van der Waals surface area contributed by atoms with E-state index in [2.05, 4.69) is 4.74 Å². The number of rotatable bonds is 5. The topological polar surface area (TPSA) is 93.1 Å². The fourth-order valence-corrected chi connectivity index (χ4v) is 1.71. The Bertz CT molecular complexity index is 661. The molecule has 2 aromatic carbocycles. The van der Waals surface area contributed by atoms with Crippen molar-refractivity contribution in [3.05, 3.63) is 59.7 Å². The van der Waals surface area contributed by atoms with E-state index < -0.39 is 5.97 Å². The average molecular weight is 346 g/mol. The third-order valence-corrected chi connectivity index (χ3v) is 3.12. The molecule has 2 aromatic rings. The van der Waals surface area contributed by atoms with Gasteiger partial charge in [-0.25, -0.2) is 9.59 Å². The molecule has 0 saturated heterocycles. The lowest BCUT2D eigenvalue weighted by atomic mass is 10.2. The van der Waals surface area contributed by atoms with E-state index in [4.69, 9.17) is 14.9 Å². The monoisotopic (exact) mass is 346 g/mol. The molecule has 0 aromatic heterocycles. The van der Waals surface area contributed by atoms with Crippen LogP contribution in [0.4, 0.5) is 0 Å². The number of esters is 2. The minimum Gasteiger partial charge on any atom is -0.508 e. The van der Waals surface area contributed by atoms with Gasteiger partial charge in [0.25, 0.3) is 0 Å². The van der Waals surface area contributed by atoms with Crippen molar-refractivity contribution in [2.75, 3.05) is 13.7 Å². The molecule has 0 heterocycles. The van der Waals surface area contributed by atoms with Gasteiger partial charge in [-0.3, -0.25) is 0 Å². The maximum atomic E-state index is 11.3. The van der Waals surface area contributed by atoms with Crippen LogP contribution in [-0.4, -0.2) is 35.9 Å². The van der Waals surface area contributed by atoms with Crippen molar-refractivity contribution in [3.8, 4) is 11.5 Å². The number of hydrogen-bond acceptors (Lipinski definition) is 6. The molecule has 0 atom stereocenters. The van der Waals surface area contributed by atoms with Gasteiger partial charge in [0.15, 0.2) is 0 Å². The molecule has 2 rings (SSSR count). The Morgan fingerprint density at radius 1 is 0.840 bits per heavy atom. The van der Waals surface area contributed by atoms with Gasteiger partial charge in [-0.05, 0) is 55.0 Å². The van der Waals surface area contributed by atoms with Crippen LogP contribution in [0, 0.1) is 0 Å². The predicted octanol–water partition coefficient (Wildman–Crippen LogP) is 3.53. The average Bonchev–Trinajstić information content (AvgIpc) is 2.63. The van der Waals surface area contributed by atoms with Crippen LogP contribution in [0.3, 0.4) is 0 Å². The summed E-state index contributed by atoms with van der Waals surface area (Å²) >= 11 is 0. The zero-order chi connectivity index (χ0) is 18.7. The van der Waals surface area contributed by atoms with Crippen LogP contribution in [0.25, 0.3) is 0 Å². The van der Waals surface area contributed by atoms with Crippen molar-refractivity contribution in [1.82, 2.24) is 0 Å². The van der Waals surface area contributed by atoms with Crippen LogP contribution in [0.15, 0.2) is 48.5 Å². The third kappa shape index (κ3) is 7.39. The van der Waals surface area contributed by atoms with Gasteiger partial charge < -0.3 is 19.7 Å². The van der Waals surface area contributed by atoms with E-state index in [0.29, 0.717) is 17.7 Å². The molecule has 0 aliphatic heterocycles. The summed E-state index contributed by atoms with van der Waals surface area (Å²) in [6.45, 7) is 2.49. The van der Waals surface area contributed by atoms with E-state index in [-0.39, 0.29) is 17.5 Å². The van der Waals surface area contributed by atoms with E-state index >= 15 is 0 Å². The highest BCUT2D eigenvalue weighted by atomic mass is 16.5. The van der Waals surface area contributed by atoms with Crippen molar-refractivity contribution in [2.45, 2.75) is 19.8 Å². The summed E-state index contributed by atoms with van der Waals surface area (Å²) < 4.78 is 9.44. The summed E-state index contributed by atoms with van der Waals surface area (Å²) in [7, 11) is 1.31. The van der Waals surface area contributed by atoms with E-state index in [0.717, 1.165) is 12.8 Å². The number of benzene rings is 2. The number of aromatic hydroxyl groups is 2. The second-order valence-corrected chi connectivity index (χ2v) is 5.07. The molecular formula is C19H22O6. The number of phenols is 2. The quantitative estimate of drug-likeness (QED) is 0.635. The minimum absolute atomic E-state index is 0.137. The van der Waals surface area contributed by atoms with Crippen molar-refractivity contribution in [1.29, 1.82) is 0 Å². The van der Waals surface area contributed by atoms with Crippen LogP contribution >= 0.6 is 0 Å². The highest BCUT2D eigenvalue weighted by Gasteiger charge is 2.05. The first-order valence-electron chi connectivity index (χ1n) is 7.81. The molecule has 0 amide bonds. The Morgan fingerprint density at radius 3 is 1.68 bits per heavy atom. The maximum absolute atomic E-state index is 11.3. The van der Waals surface area contributed by atoms with Gasteiger partial charge in [0, 0.05) is 0 Å². The van der Waals surface area contributed by atoms with Gasteiger partial charge in [0.05, 0.1) is 24.8 Å². The van der Waals surface area contributed by atoms with E-state index in [1.165, 1.54) is 43.5 Å². The highest BCUT2D eigenvalue weighted by Crippen LogP contribution is 2.11. The second-order valence-electron chi connectivity index (χ2n) is 5.07. The van der Waals surface area contributed by atoms with Crippen LogP contribution in [0.5, 0.6) is 11.5 Å². The third-order valence-electron chi connectivity index (χ3n) is 3.12. The fourth-order valence-electron chi connectivity index (χ4n) is 1.71. The Labute approximate surface area is 146 Å². The zero-order valence-corrected chi connectivity index (χ0v) is 14.3. The molecule has 134 valence electrons. The molecule has 0 fully saturated rings. The van der Waals surface area contributed by atoms with Crippen molar-refractivity contribution in [2.24, 2.45) is 0 Å². The van der Waals surface area contributed by atoms with Crippen LogP contribution in [0.1, 0.15) is 40.5 Å². The number of ether oxygens (including phenoxy) is 2. The van der Waals surface area contributed by atoms with E-state index in [1.807, 2.05) is 6.92 Å². The molecule has 6 heteroatoms. The lowest BCUT2D eigenvalue weighted by molar-refractivity contribution is 0.0499. The summed E-state index contributed by atoms with van der Waals surface area (Å²) in [5.41, 5.74) is 0.907. The molecule has 0 saturated carbocycles. The van der Waals surface area contributed by atoms with Gasteiger partial charge in [0.1, 0.15) is 11.5 Å². The first kappa shape index (κ1) is 20.0. The Kier molecular flexibility index (Phi) is 8.57. The van der Waals surface area contributed by atoms with Crippen LogP contribution in [0.2, 0.25) is 0 Å². The number of hydrogen-bond donors (Lipinski definition) is 2. The standard InChI is InChI=1S/C11H14O3.C8H8O3/c1-2-3-8-14-11(13)9-4-6-10(12)7-5-9;1-11-8(10)6-2-4-7(9)5-3-6/h4-7,12H,2-3,8H2,1H3;2-5,9H,1H3. The summed E-state index contributed by atoms with van der Waals surface area (Å²) in [4.78, 5) is 22.1. The lowest BCUT2D eigenvalue weighted by Crippen LogP contribution is -2.05. The van der Waals surface area contributed by atoms with Gasteiger partial charge >= 0.3 is 11.9 Å². The number of phenolic OH excluding ortho intramolecular Hbond substituents is 2. The SMILES string of the molecule is CCCCOC(=O)c1ccc(O)cc1.COC(=O)c1ccc(O)cc1. The Hall–Kier alpha value is -3.02. The molecule has 2 N–H and O–H groups in total. The maximum Gasteiger partial charge on any atom is 0.338 e. The lowest BCUT2D eigenvalue weighted by Gasteiger charge is -2.03. The van der Waals surface area contributed by atoms with Gasteiger partial charge in [-0.2, -0.15) is 0 Å². The predicted molar refractivity (Wildman–Crippen MR) is 92.7 cm³/mol. The molecular weight excluding hydrogens is 324 g/mol. The molecule has 25 heavy (non-hydrogen) atoms. The fraction of sp³-hybridized carbons (Fsp3) is 0.263. The Balaban J connectivity index is 0.000000257. The van der Waals surface area contributed by atoms with Gasteiger partial charge in [-0.15, -0.1) is 0 Å². The van der Waals surface area contributed by atoms with Crippen molar-refractivity contribution >= 4 is 11.9 Å². The van der Waals surface area contributed by atoms with Crippen molar-refractivity contribution in [3.63, 3.8) is 0 Å². The summed E-state index contributed by atoms with van der Waals surface area (Å²) in [5, 5.41) is 17.9. The normalized spacial score (nSPS) is 9.52. The van der Waals surface area contributed by atoms with Gasteiger partial charge in [-0.1, -0.05) is 13.3 Å². The summed E-state index contributed by atoms with van der Waals surface area (Å²) in [6, 6.07) is 11.9. The van der Waals surface area contributed by atoms with Gasteiger partial charge in [0.2, 0.25) is 0 Å². The first-order chi connectivity index (χ1) is 12.0. The minimum atomic E-state index is -0.398. The first-order valence-corrected chi connectivity index (χ1v) is 7.81.